The number of hydrogen-bond donors (Lipinski definition) is 3. The second kappa shape index (κ2) is 7.08. The number of benzene rings is 1. The Morgan fingerprint density at radius 2 is 2.15 bits per heavy atom. The van der Waals surface area contributed by atoms with Crippen LogP contribution in [0.3, 0.4) is 0 Å². The molecule has 2 aliphatic heterocycles. The van der Waals surface area contributed by atoms with Gasteiger partial charge in [-0.3, -0.25) is 10.3 Å². The van der Waals surface area contributed by atoms with Crippen LogP contribution in [0.1, 0.15) is 37.7 Å². The first-order valence-electron chi connectivity index (χ1n) is 9.01. The Hall–Kier alpha value is -1.80. The van der Waals surface area contributed by atoms with Crippen molar-refractivity contribution in [3.63, 3.8) is 0 Å². The Labute approximate surface area is 155 Å². The molecule has 0 unspecified atom stereocenters. The molecular weight excluding hydrogens is 357 g/mol. The third-order valence-corrected chi connectivity index (χ3v) is 6.70. The lowest BCUT2D eigenvalue weighted by Gasteiger charge is -2.37. The molecule has 0 spiro atoms. The van der Waals surface area contributed by atoms with Crippen LogP contribution in [0.2, 0.25) is 0 Å². The lowest BCUT2D eigenvalue weighted by atomic mass is 9.93. The maximum atomic E-state index is 14.8. The van der Waals surface area contributed by atoms with E-state index in [4.69, 9.17) is 9.84 Å². The van der Waals surface area contributed by atoms with Crippen LogP contribution in [0, 0.1) is 11.7 Å². The van der Waals surface area contributed by atoms with Gasteiger partial charge in [-0.25, -0.2) is 9.18 Å². The molecule has 1 aromatic carbocycles. The third kappa shape index (κ3) is 3.27. The van der Waals surface area contributed by atoms with Crippen LogP contribution in [0.25, 0.3) is 0 Å². The Morgan fingerprint density at radius 1 is 1.35 bits per heavy atom. The van der Waals surface area contributed by atoms with E-state index in [-0.39, 0.29) is 16.9 Å². The summed E-state index contributed by atoms with van der Waals surface area (Å²) in [5.41, 5.74) is 1.35. The number of fused-ring (bicyclic) bond motifs is 1. The number of hydrogen-bond acceptors (Lipinski definition) is 5. The van der Waals surface area contributed by atoms with E-state index >= 15 is 0 Å². The van der Waals surface area contributed by atoms with Gasteiger partial charge in [-0.15, -0.1) is 0 Å². The monoisotopic (exact) mass is 379 g/mol. The van der Waals surface area contributed by atoms with E-state index in [1.165, 1.54) is 18.9 Å². The smallest absolute Gasteiger partial charge is 0.410 e. The lowest BCUT2D eigenvalue weighted by molar-refractivity contribution is 0.0560. The fourth-order valence-electron chi connectivity index (χ4n) is 4.05. The van der Waals surface area contributed by atoms with Gasteiger partial charge in [0.05, 0.1) is 0 Å². The first-order valence-corrected chi connectivity index (χ1v) is 9.82. The van der Waals surface area contributed by atoms with Crippen molar-refractivity contribution in [3.05, 3.63) is 29.6 Å². The van der Waals surface area contributed by atoms with Crippen LogP contribution in [0.5, 0.6) is 0 Å². The van der Waals surface area contributed by atoms with E-state index in [0.717, 1.165) is 36.7 Å². The summed E-state index contributed by atoms with van der Waals surface area (Å²) in [7, 11) is 0. The highest BCUT2D eigenvalue weighted by atomic mass is 32.2. The molecule has 1 aromatic rings. The molecular formula is C18H22FN3O3S. The highest BCUT2D eigenvalue weighted by Crippen LogP contribution is 2.53. The van der Waals surface area contributed by atoms with Gasteiger partial charge in [0.1, 0.15) is 5.82 Å². The summed E-state index contributed by atoms with van der Waals surface area (Å²) < 4.78 is 20.8. The van der Waals surface area contributed by atoms with Crippen LogP contribution in [0.4, 0.5) is 14.9 Å². The maximum absolute atomic E-state index is 14.8. The second-order valence-corrected chi connectivity index (χ2v) is 8.20. The SMILES string of the molecule is O=C(O)NC1=NC[C@@H]2CCO[C@]2(c2cc(NC3CCCC3)ccc2F)S1. The van der Waals surface area contributed by atoms with Crippen LogP contribution in [-0.2, 0) is 9.67 Å². The van der Waals surface area contributed by atoms with Gasteiger partial charge in [0, 0.05) is 36.4 Å². The number of halogens is 1. The predicted octanol–water partition coefficient (Wildman–Crippen LogP) is 3.74. The molecule has 3 aliphatic rings. The predicted molar refractivity (Wildman–Crippen MR) is 99.1 cm³/mol. The standard InChI is InChI=1S/C18H22FN3O3S/c19-15-6-5-13(21-12-3-1-2-4-12)9-14(15)18-11(7-8-25-18)10-20-16(26-18)22-17(23)24/h5-6,9,11-12,21H,1-4,7-8,10H2,(H,20,22)(H,23,24)/t11-,18-/m0/s1. The summed E-state index contributed by atoms with van der Waals surface area (Å²) in [5.74, 6) is -0.318. The summed E-state index contributed by atoms with van der Waals surface area (Å²) in [4.78, 5) is 14.3. The fraction of sp³-hybridized carbons (Fsp3) is 0.556. The Balaban J connectivity index is 1.65. The van der Waals surface area contributed by atoms with E-state index in [1.54, 1.807) is 6.07 Å². The first kappa shape index (κ1) is 17.6. The van der Waals surface area contributed by atoms with E-state index in [2.05, 4.69) is 15.6 Å². The van der Waals surface area contributed by atoms with Gasteiger partial charge in [-0.2, -0.15) is 0 Å². The summed E-state index contributed by atoms with van der Waals surface area (Å²) in [5, 5.41) is 15.0. The summed E-state index contributed by atoms with van der Waals surface area (Å²) in [6, 6.07) is 5.48. The zero-order valence-electron chi connectivity index (χ0n) is 14.3. The molecule has 0 bridgehead atoms. The van der Waals surface area contributed by atoms with Crippen molar-refractivity contribution in [2.45, 2.75) is 43.1 Å². The normalized spacial score (nSPS) is 28.5. The summed E-state index contributed by atoms with van der Waals surface area (Å²) in [6.45, 7) is 0.926. The van der Waals surface area contributed by atoms with Gasteiger partial charge < -0.3 is 15.2 Å². The molecule has 3 N–H and O–H groups in total. The number of aliphatic imine (C=N–C) groups is 1. The van der Waals surface area contributed by atoms with Gasteiger partial charge in [-0.1, -0.05) is 12.8 Å². The molecule has 140 valence electrons. The van der Waals surface area contributed by atoms with Crippen molar-refractivity contribution in [2.75, 3.05) is 18.5 Å². The number of thioether (sulfide) groups is 1. The van der Waals surface area contributed by atoms with E-state index in [0.29, 0.717) is 24.8 Å². The third-order valence-electron chi connectivity index (χ3n) is 5.31. The minimum absolute atomic E-state index is 0.0167. The second-order valence-electron chi connectivity index (χ2n) is 7.00. The number of amidine groups is 1. The number of amides is 1. The first-order chi connectivity index (χ1) is 12.6. The van der Waals surface area contributed by atoms with Gasteiger partial charge in [0.25, 0.3) is 0 Å². The van der Waals surface area contributed by atoms with Gasteiger partial charge in [0.2, 0.25) is 0 Å². The Bertz CT molecular complexity index is 738. The van der Waals surface area contributed by atoms with Crippen molar-refractivity contribution in [1.82, 2.24) is 5.32 Å². The maximum Gasteiger partial charge on any atom is 0.410 e. The Morgan fingerprint density at radius 3 is 2.92 bits per heavy atom. The van der Waals surface area contributed by atoms with Gasteiger partial charge in [-0.05, 0) is 49.2 Å². The highest BCUT2D eigenvalue weighted by Gasteiger charge is 2.51. The number of nitrogens with one attached hydrogen (secondary N) is 2. The fourth-order valence-corrected chi connectivity index (χ4v) is 5.38. The number of nitrogens with zero attached hydrogens (tertiary/aromatic N) is 1. The van der Waals surface area contributed by atoms with Crippen molar-refractivity contribution < 1.29 is 19.0 Å². The molecule has 1 amide bonds. The Kier molecular flexibility index (Phi) is 4.79. The summed E-state index contributed by atoms with van der Waals surface area (Å²) in [6.07, 6.45) is 4.29. The summed E-state index contributed by atoms with van der Waals surface area (Å²) >= 11 is 1.16. The molecule has 0 aromatic heterocycles. The lowest BCUT2D eigenvalue weighted by Crippen LogP contribution is -2.41. The number of rotatable bonds is 3. The molecule has 2 fully saturated rings. The van der Waals surface area contributed by atoms with E-state index in [1.807, 2.05) is 6.07 Å². The molecule has 8 heteroatoms. The van der Waals surface area contributed by atoms with Crippen LogP contribution >= 0.6 is 11.8 Å². The van der Waals surface area contributed by atoms with Crippen molar-refractivity contribution in [2.24, 2.45) is 10.9 Å². The quantitative estimate of drug-likeness (QED) is 0.745. The molecule has 1 saturated carbocycles. The molecule has 4 rings (SSSR count). The van der Waals surface area contributed by atoms with Crippen LogP contribution in [-0.4, -0.2) is 35.6 Å². The number of ether oxygens (including phenoxy) is 1. The van der Waals surface area contributed by atoms with Crippen LogP contribution < -0.4 is 10.6 Å². The average Bonchev–Trinajstić information content (AvgIpc) is 3.25. The molecule has 26 heavy (non-hydrogen) atoms. The van der Waals surface area contributed by atoms with Gasteiger partial charge in [0.15, 0.2) is 10.1 Å². The largest absolute Gasteiger partial charge is 0.465 e. The molecule has 6 nitrogen and oxygen atoms in total. The number of anilines is 1. The average molecular weight is 379 g/mol. The molecule has 0 radical (unpaired) electrons. The van der Waals surface area contributed by atoms with E-state index in [9.17, 15) is 9.18 Å². The topological polar surface area (TPSA) is 83.0 Å². The molecule has 1 saturated heterocycles. The molecule has 1 aliphatic carbocycles. The highest BCUT2D eigenvalue weighted by molar-refractivity contribution is 8.14. The van der Waals surface area contributed by atoms with Crippen molar-refractivity contribution in [1.29, 1.82) is 0 Å². The van der Waals surface area contributed by atoms with Crippen molar-refractivity contribution >= 4 is 28.7 Å². The minimum Gasteiger partial charge on any atom is -0.465 e. The van der Waals surface area contributed by atoms with E-state index < -0.39 is 11.0 Å². The molecule has 2 heterocycles. The zero-order valence-corrected chi connectivity index (χ0v) is 15.2. The number of carboxylic acid groups (broad SMARTS) is 1. The van der Waals surface area contributed by atoms with Crippen LogP contribution in [0.15, 0.2) is 23.2 Å². The van der Waals surface area contributed by atoms with Gasteiger partial charge >= 0.3 is 6.09 Å². The number of carbonyl (C=O) groups is 1. The zero-order chi connectivity index (χ0) is 18.1. The molecule has 2 atom stereocenters. The minimum atomic E-state index is -1.18. The van der Waals surface area contributed by atoms with Crippen molar-refractivity contribution in [3.8, 4) is 0 Å².